The van der Waals surface area contributed by atoms with E-state index >= 15 is 0 Å². The SMILES string of the molecule is C[C@@H](NC(=O)Cc1nn(C)c(=O)c2ccccc12)c1cc2ccccc2o1. The maximum atomic E-state index is 12.6. The van der Waals surface area contributed by atoms with Crippen LogP contribution < -0.4 is 10.9 Å². The molecule has 0 bridgehead atoms. The average molecular weight is 361 g/mol. The molecule has 4 rings (SSSR count). The summed E-state index contributed by atoms with van der Waals surface area (Å²) in [7, 11) is 1.59. The van der Waals surface area contributed by atoms with E-state index in [1.165, 1.54) is 4.68 Å². The molecule has 0 spiro atoms. The predicted octanol–water partition coefficient (Wildman–Crippen LogP) is 3.10. The molecule has 0 aliphatic rings. The Hall–Kier alpha value is -3.41. The molecule has 2 heterocycles. The molecule has 1 atom stereocenters. The molecule has 1 N–H and O–H groups in total. The summed E-state index contributed by atoms with van der Waals surface area (Å²) < 4.78 is 7.08. The number of carbonyl (C=O) groups excluding carboxylic acids is 1. The van der Waals surface area contributed by atoms with Gasteiger partial charge in [-0.05, 0) is 25.1 Å². The van der Waals surface area contributed by atoms with E-state index in [0.29, 0.717) is 22.2 Å². The van der Waals surface area contributed by atoms with Crippen LogP contribution in [0.15, 0.2) is 63.8 Å². The van der Waals surface area contributed by atoms with Crippen molar-refractivity contribution in [1.82, 2.24) is 15.1 Å². The van der Waals surface area contributed by atoms with Gasteiger partial charge < -0.3 is 9.73 Å². The summed E-state index contributed by atoms with van der Waals surface area (Å²) >= 11 is 0. The zero-order valence-electron chi connectivity index (χ0n) is 15.1. The lowest BCUT2D eigenvalue weighted by molar-refractivity contribution is -0.121. The maximum absolute atomic E-state index is 12.6. The summed E-state index contributed by atoms with van der Waals surface area (Å²) in [6.45, 7) is 1.88. The Kier molecular flexibility index (Phi) is 4.24. The van der Waals surface area contributed by atoms with Crippen molar-refractivity contribution in [1.29, 1.82) is 0 Å². The van der Waals surface area contributed by atoms with E-state index in [1.807, 2.05) is 49.4 Å². The van der Waals surface area contributed by atoms with Crippen LogP contribution in [0, 0.1) is 0 Å². The van der Waals surface area contributed by atoms with Crippen molar-refractivity contribution in [2.45, 2.75) is 19.4 Å². The van der Waals surface area contributed by atoms with Gasteiger partial charge >= 0.3 is 0 Å². The van der Waals surface area contributed by atoms with Crippen LogP contribution in [0.5, 0.6) is 0 Å². The third-order valence-corrected chi connectivity index (χ3v) is 4.61. The first-order valence-corrected chi connectivity index (χ1v) is 8.75. The molecular formula is C21H19N3O3. The Morgan fingerprint density at radius 2 is 1.85 bits per heavy atom. The Morgan fingerprint density at radius 3 is 2.63 bits per heavy atom. The smallest absolute Gasteiger partial charge is 0.274 e. The number of aryl methyl sites for hydroxylation is 1. The Bertz CT molecular complexity index is 1170. The molecule has 2 aromatic heterocycles. The molecule has 0 radical (unpaired) electrons. The number of carbonyl (C=O) groups is 1. The number of benzene rings is 2. The summed E-state index contributed by atoms with van der Waals surface area (Å²) in [6, 6.07) is 16.6. The highest BCUT2D eigenvalue weighted by Crippen LogP contribution is 2.23. The minimum absolute atomic E-state index is 0.0825. The minimum Gasteiger partial charge on any atom is -0.459 e. The Morgan fingerprint density at radius 1 is 1.15 bits per heavy atom. The van der Waals surface area contributed by atoms with Gasteiger partial charge in [0.05, 0.1) is 23.5 Å². The van der Waals surface area contributed by atoms with Gasteiger partial charge in [-0.2, -0.15) is 5.10 Å². The van der Waals surface area contributed by atoms with E-state index in [4.69, 9.17) is 4.42 Å². The molecule has 136 valence electrons. The third kappa shape index (κ3) is 3.21. The maximum Gasteiger partial charge on any atom is 0.274 e. The van der Waals surface area contributed by atoms with Crippen LogP contribution in [0.25, 0.3) is 21.7 Å². The minimum atomic E-state index is -0.274. The molecule has 0 saturated carbocycles. The molecule has 0 saturated heterocycles. The number of hydrogen-bond acceptors (Lipinski definition) is 4. The summed E-state index contributed by atoms with van der Waals surface area (Å²) in [5, 5.41) is 9.48. The largest absolute Gasteiger partial charge is 0.459 e. The van der Waals surface area contributed by atoms with Crippen molar-refractivity contribution in [2.75, 3.05) is 0 Å². The van der Waals surface area contributed by atoms with Gasteiger partial charge in [0.25, 0.3) is 5.56 Å². The first-order chi connectivity index (χ1) is 13.0. The number of nitrogens with zero attached hydrogens (tertiary/aromatic N) is 2. The fourth-order valence-corrected chi connectivity index (χ4v) is 3.24. The van der Waals surface area contributed by atoms with Crippen LogP contribution in [0.2, 0.25) is 0 Å². The van der Waals surface area contributed by atoms with E-state index < -0.39 is 0 Å². The zero-order chi connectivity index (χ0) is 19.0. The summed E-state index contributed by atoms with van der Waals surface area (Å²) in [5.74, 6) is 0.516. The first-order valence-electron chi connectivity index (χ1n) is 8.75. The summed E-state index contributed by atoms with van der Waals surface area (Å²) in [6.07, 6.45) is 0.0825. The van der Waals surface area contributed by atoms with Gasteiger partial charge in [0, 0.05) is 17.8 Å². The lowest BCUT2D eigenvalue weighted by atomic mass is 10.1. The fraction of sp³-hybridized carbons (Fsp3) is 0.190. The molecule has 0 aliphatic heterocycles. The molecule has 1 amide bonds. The average Bonchev–Trinajstić information content (AvgIpc) is 3.10. The first kappa shape index (κ1) is 17.0. The monoisotopic (exact) mass is 361 g/mol. The van der Waals surface area contributed by atoms with Gasteiger partial charge in [0.15, 0.2) is 0 Å². The Balaban J connectivity index is 1.57. The van der Waals surface area contributed by atoms with Crippen molar-refractivity contribution >= 4 is 27.6 Å². The van der Waals surface area contributed by atoms with Crippen molar-refractivity contribution in [2.24, 2.45) is 7.05 Å². The van der Waals surface area contributed by atoms with Crippen LogP contribution in [-0.2, 0) is 18.3 Å². The normalized spacial score (nSPS) is 12.4. The lowest BCUT2D eigenvalue weighted by Crippen LogP contribution is -2.29. The van der Waals surface area contributed by atoms with Gasteiger partial charge in [0.2, 0.25) is 5.91 Å². The quantitative estimate of drug-likeness (QED) is 0.606. The van der Waals surface area contributed by atoms with E-state index in [9.17, 15) is 9.59 Å². The third-order valence-electron chi connectivity index (χ3n) is 4.61. The highest BCUT2D eigenvalue weighted by atomic mass is 16.3. The van der Waals surface area contributed by atoms with Crippen molar-refractivity contribution in [3.05, 3.63) is 76.4 Å². The molecule has 6 heteroatoms. The van der Waals surface area contributed by atoms with Crippen molar-refractivity contribution in [3.8, 4) is 0 Å². The van der Waals surface area contributed by atoms with E-state index in [-0.39, 0.29) is 23.9 Å². The number of rotatable bonds is 4. The predicted molar refractivity (Wildman–Crippen MR) is 103 cm³/mol. The summed E-state index contributed by atoms with van der Waals surface area (Å²) in [4.78, 5) is 24.8. The van der Waals surface area contributed by atoms with Gasteiger partial charge in [-0.25, -0.2) is 4.68 Å². The number of furan rings is 1. The number of para-hydroxylation sites is 1. The highest BCUT2D eigenvalue weighted by molar-refractivity contribution is 5.88. The number of aromatic nitrogens is 2. The van der Waals surface area contributed by atoms with Gasteiger partial charge in [-0.15, -0.1) is 0 Å². The fourth-order valence-electron chi connectivity index (χ4n) is 3.24. The second kappa shape index (κ2) is 6.72. The lowest BCUT2D eigenvalue weighted by Gasteiger charge is -2.12. The highest BCUT2D eigenvalue weighted by Gasteiger charge is 2.17. The van der Waals surface area contributed by atoms with Crippen LogP contribution in [0.3, 0.4) is 0 Å². The van der Waals surface area contributed by atoms with E-state index in [2.05, 4.69) is 10.4 Å². The molecule has 4 aromatic rings. The van der Waals surface area contributed by atoms with Crippen LogP contribution in [0.4, 0.5) is 0 Å². The molecule has 27 heavy (non-hydrogen) atoms. The second-order valence-corrected chi connectivity index (χ2v) is 6.57. The van der Waals surface area contributed by atoms with E-state index in [0.717, 1.165) is 11.0 Å². The second-order valence-electron chi connectivity index (χ2n) is 6.57. The Labute approximate surface area is 155 Å². The number of hydrogen-bond donors (Lipinski definition) is 1. The molecule has 6 nitrogen and oxygen atoms in total. The van der Waals surface area contributed by atoms with Gasteiger partial charge in [-0.3, -0.25) is 9.59 Å². The van der Waals surface area contributed by atoms with Gasteiger partial charge in [0.1, 0.15) is 11.3 Å². The molecule has 0 aliphatic carbocycles. The molecule has 0 unspecified atom stereocenters. The standard InChI is InChI=1S/C21H19N3O3/c1-13(19-11-14-7-3-6-10-18(14)27-19)22-20(25)12-17-15-8-4-5-9-16(15)21(26)24(2)23-17/h3-11,13H,12H2,1-2H3,(H,22,25)/t13-/m1/s1. The molecule has 0 fully saturated rings. The van der Waals surface area contributed by atoms with Crippen LogP contribution in [-0.4, -0.2) is 15.7 Å². The number of nitrogens with one attached hydrogen (secondary N) is 1. The van der Waals surface area contributed by atoms with Gasteiger partial charge in [-0.1, -0.05) is 36.4 Å². The molecular weight excluding hydrogens is 342 g/mol. The topological polar surface area (TPSA) is 77.1 Å². The number of fused-ring (bicyclic) bond motifs is 2. The van der Waals surface area contributed by atoms with Crippen LogP contribution in [0.1, 0.15) is 24.4 Å². The van der Waals surface area contributed by atoms with E-state index in [1.54, 1.807) is 19.2 Å². The zero-order valence-corrected chi connectivity index (χ0v) is 15.1. The van der Waals surface area contributed by atoms with Crippen LogP contribution >= 0.6 is 0 Å². The van der Waals surface area contributed by atoms with Crippen molar-refractivity contribution in [3.63, 3.8) is 0 Å². The summed E-state index contributed by atoms with van der Waals surface area (Å²) in [5.41, 5.74) is 1.19. The number of amides is 1. The molecule has 2 aromatic carbocycles. The van der Waals surface area contributed by atoms with Crippen molar-refractivity contribution < 1.29 is 9.21 Å².